The second-order valence-electron chi connectivity index (χ2n) is 7.96. The highest BCUT2D eigenvalue weighted by molar-refractivity contribution is 5.87. The van der Waals surface area contributed by atoms with Crippen molar-refractivity contribution in [2.45, 2.75) is 36.9 Å². The monoisotopic (exact) mass is 448 g/mol. The summed E-state index contributed by atoms with van der Waals surface area (Å²) in [5.74, 6) is 0.263. The SMILES string of the molecule is C#CCC(NC(=O)C1OCCC1NC(=O)OCC1c2ccccc2-c2ccccc21)C(=O)O. The zero-order valence-corrected chi connectivity index (χ0v) is 17.8. The van der Waals surface area contributed by atoms with E-state index in [2.05, 4.69) is 28.7 Å². The first-order valence-corrected chi connectivity index (χ1v) is 10.7. The Morgan fingerprint density at radius 3 is 2.36 bits per heavy atom. The molecule has 1 aliphatic carbocycles. The Bertz CT molecular complexity index is 1060. The van der Waals surface area contributed by atoms with E-state index in [9.17, 15) is 19.5 Å². The maximum Gasteiger partial charge on any atom is 0.407 e. The molecule has 1 saturated heterocycles. The van der Waals surface area contributed by atoms with Crippen LogP contribution in [0.3, 0.4) is 0 Å². The predicted molar refractivity (Wildman–Crippen MR) is 119 cm³/mol. The summed E-state index contributed by atoms with van der Waals surface area (Å²) in [6, 6.07) is 14.2. The Kier molecular flexibility index (Phi) is 6.61. The van der Waals surface area contributed by atoms with Crippen molar-refractivity contribution in [3.05, 3.63) is 59.7 Å². The van der Waals surface area contributed by atoms with Crippen LogP contribution in [0.1, 0.15) is 29.9 Å². The van der Waals surface area contributed by atoms with Gasteiger partial charge in [-0.25, -0.2) is 9.59 Å². The minimum absolute atomic E-state index is 0.0813. The molecule has 0 aromatic heterocycles. The Morgan fingerprint density at radius 2 is 1.76 bits per heavy atom. The van der Waals surface area contributed by atoms with Gasteiger partial charge in [0.05, 0.1) is 6.04 Å². The smallest absolute Gasteiger partial charge is 0.407 e. The first-order chi connectivity index (χ1) is 16.0. The summed E-state index contributed by atoms with van der Waals surface area (Å²) >= 11 is 0. The number of benzene rings is 2. The number of terminal acetylenes is 1. The molecule has 1 fully saturated rings. The molecule has 170 valence electrons. The fourth-order valence-electron chi connectivity index (χ4n) is 4.36. The number of aliphatic carboxylic acids is 1. The molecular formula is C25H24N2O6. The van der Waals surface area contributed by atoms with Crippen LogP contribution in [0.15, 0.2) is 48.5 Å². The average molecular weight is 448 g/mol. The van der Waals surface area contributed by atoms with E-state index in [0.29, 0.717) is 6.42 Å². The molecule has 1 heterocycles. The van der Waals surface area contributed by atoms with Crippen LogP contribution in [-0.2, 0) is 19.1 Å². The van der Waals surface area contributed by atoms with Crippen molar-refractivity contribution in [1.82, 2.24) is 10.6 Å². The summed E-state index contributed by atoms with van der Waals surface area (Å²) < 4.78 is 11.0. The van der Waals surface area contributed by atoms with Crippen molar-refractivity contribution < 1.29 is 29.0 Å². The van der Waals surface area contributed by atoms with E-state index in [1.165, 1.54) is 0 Å². The molecule has 3 atom stereocenters. The summed E-state index contributed by atoms with van der Waals surface area (Å²) in [4.78, 5) is 36.3. The lowest BCUT2D eigenvalue weighted by atomic mass is 9.98. The zero-order chi connectivity index (χ0) is 23.4. The number of ether oxygens (including phenoxy) is 2. The first kappa shape index (κ1) is 22.4. The van der Waals surface area contributed by atoms with Gasteiger partial charge in [-0.2, -0.15) is 0 Å². The second kappa shape index (κ2) is 9.76. The molecule has 2 aliphatic rings. The highest BCUT2D eigenvalue weighted by Gasteiger charge is 2.37. The molecule has 1 aliphatic heterocycles. The molecule has 33 heavy (non-hydrogen) atoms. The van der Waals surface area contributed by atoms with Gasteiger partial charge in [-0.3, -0.25) is 4.79 Å². The number of carbonyl (C=O) groups excluding carboxylic acids is 2. The van der Waals surface area contributed by atoms with Crippen LogP contribution in [0.2, 0.25) is 0 Å². The van der Waals surface area contributed by atoms with Crippen LogP contribution in [0.25, 0.3) is 11.1 Å². The maximum atomic E-state index is 12.5. The number of carbonyl (C=O) groups is 3. The number of carboxylic acids is 1. The molecule has 4 rings (SSSR count). The molecule has 3 N–H and O–H groups in total. The number of hydrogen-bond donors (Lipinski definition) is 3. The van der Waals surface area contributed by atoms with Gasteiger partial charge in [-0.05, 0) is 28.7 Å². The maximum absolute atomic E-state index is 12.5. The van der Waals surface area contributed by atoms with Crippen molar-refractivity contribution in [2.75, 3.05) is 13.2 Å². The van der Waals surface area contributed by atoms with Crippen LogP contribution in [0, 0.1) is 12.3 Å². The van der Waals surface area contributed by atoms with Crippen molar-refractivity contribution in [1.29, 1.82) is 0 Å². The fourth-order valence-corrected chi connectivity index (χ4v) is 4.36. The Labute approximate surface area is 191 Å². The molecule has 2 aromatic carbocycles. The van der Waals surface area contributed by atoms with E-state index in [1.54, 1.807) is 0 Å². The van der Waals surface area contributed by atoms with Crippen LogP contribution in [-0.4, -0.2) is 54.5 Å². The molecule has 0 bridgehead atoms. The van der Waals surface area contributed by atoms with Crippen LogP contribution in [0.4, 0.5) is 4.79 Å². The fraction of sp³-hybridized carbons (Fsp3) is 0.320. The third-order valence-electron chi connectivity index (χ3n) is 5.93. The largest absolute Gasteiger partial charge is 0.480 e. The van der Waals surface area contributed by atoms with Gasteiger partial charge in [0.15, 0.2) is 6.10 Å². The van der Waals surface area contributed by atoms with Crippen molar-refractivity contribution in [3.63, 3.8) is 0 Å². The Hall–Kier alpha value is -3.83. The number of amides is 2. The highest BCUT2D eigenvalue weighted by Crippen LogP contribution is 2.44. The average Bonchev–Trinajstić information content (AvgIpc) is 3.40. The van der Waals surface area contributed by atoms with Gasteiger partial charge in [0, 0.05) is 18.9 Å². The molecule has 8 nitrogen and oxygen atoms in total. The van der Waals surface area contributed by atoms with Crippen LogP contribution >= 0.6 is 0 Å². The van der Waals surface area contributed by atoms with Crippen LogP contribution < -0.4 is 10.6 Å². The second-order valence-corrected chi connectivity index (χ2v) is 7.96. The summed E-state index contributed by atoms with van der Waals surface area (Å²) in [6.45, 7) is 0.396. The predicted octanol–water partition coefficient (Wildman–Crippen LogP) is 2.28. The van der Waals surface area contributed by atoms with E-state index in [0.717, 1.165) is 22.3 Å². The molecule has 8 heteroatoms. The van der Waals surface area contributed by atoms with E-state index in [1.807, 2.05) is 36.4 Å². The van der Waals surface area contributed by atoms with Gasteiger partial charge in [-0.1, -0.05) is 48.5 Å². The third-order valence-corrected chi connectivity index (χ3v) is 5.93. The molecule has 2 aromatic rings. The van der Waals surface area contributed by atoms with Crippen LogP contribution in [0.5, 0.6) is 0 Å². The minimum Gasteiger partial charge on any atom is -0.480 e. The summed E-state index contributed by atoms with van der Waals surface area (Å²) in [6.07, 6.45) is 3.72. The van der Waals surface area contributed by atoms with E-state index >= 15 is 0 Å². The Balaban J connectivity index is 1.37. The number of alkyl carbamates (subject to hydrolysis) is 1. The van der Waals surface area contributed by atoms with Gasteiger partial charge < -0.3 is 25.2 Å². The molecule has 0 radical (unpaired) electrons. The standard InChI is InChI=1S/C25H24N2O6/c1-2-7-21(24(29)30)26-23(28)22-20(12-13-32-22)27-25(31)33-14-19-17-10-5-3-8-15(17)16-9-4-6-11-18(16)19/h1,3-6,8-11,19-22H,7,12-14H2,(H,26,28)(H,27,31)(H,29,30). The number of nitrogens with one attached hydrogen (secondary N) is 2. The molecule has 0 saturated carbocycles. The van der Waals surface area contributed by atoms with Crippen molar-refractivity contribution in [2.24, 2.45) is 0 Å². The number of rotatable bonds is 7. The van der Waals surface area contributed by atoms with Gasteiger partial charge in [-0.15, -0.1) is 12.3 Å². The molecule has 2 amide bonds. The highest BCUT2D eigenvalue weighted by atomic mass is 16.6. The Morgan fingerprint density at radius 1 is 1.12 bits per heavy atom. The van der Waals surface area contributed by atoms with Gasteiger partial charge in [0.2, 0.25) is 0 Å². The van der Waals surface area contributed by atoms with Gasteiger partial charge in [0.1, 0.15) is 12.6 Å². The van der Waals surface area contributed by atoms with Crippen molar-refractivity contribution >= 4 is 18.0 Å². The lowest BCUT2D eigenvalue weighted by Crippen LogP contribution is -2.52. The lowest BCUT2D eigenvalue weighted by Gasteiger charge is -2.21. The summed E-state index contributed by atoms with van der Waals surface area (Å²) in [7, 11) is 0. The number of fused-ring (bicyclic) bond motifs is 3. The first-order valence-electron chi connectivity index (χ1n) is 10.7. The van der Waals surface area contributed by atoms with E-state index < -0.39 is 36.2 Å². The van der Waals surface area contributed by atoms with E-state index in [-0.39, 0.29) is 25.6 Å². The van der Waals surface area contributed by atoms with Crippen molar-refractivity contribution in [3.8, 4) is 23.5 Å². The topological polar surface area (TPSA) is 114 Å². The zero-order valence-electron chi connectivity index (χ0n) is 17.8. The van der Waals surface area contributed by atoms with Gasteiger partial charge >= 0.3 is 12.1 Å². The summed E-state index contributed by atoms with van der Waals surface area (Å²) in [5.41, 5.74) is 4.45. The quantitative estimate of drug-likeness (QED) is 0.560. The summed E-state index contributed by atoms with van der Waals surface area (Å²) in [5, 5.41) is 14.2. The molecular weight excluding hydrogens is 424 g/mol. The normalized spacial score (nSPS) is 19.6. The van der Waals surface area contributed by atoms with E-state index in [4.69, 9.17) is 15.9 Å². The minimum atomic E-state index is -1.24. The number of carboxylic acid groups (broad SMARTS) is 1. The van der Waals surface area contributed by atoms with Gasteiger partial charge in [0.25, 0.3) is 5.91 Å². The lowest BCUT2D eigenvalue weighted by molar-refractivity contribution is -0.143. The third kappa shape index (κ3) is 4.69. The molecule has 3 unspecified atom stereocenters. The molecule has 0 spiro atoms. The number of hydrogen-bond acceptors (Lipinski definition) is 5.